The molecule has 2 heterocycles. The van der Waals surface area contributed by atoms with E-state index in [4.69, 9.17) is 0 Å². The first kappa shape index (κ1) is 19.1. The predicted molar refractivity (Wildman–Crippen MR) is 101 cm³/mol. The summed E-state index contributed by atoms with van der Waals surface area (Å²) in [5, 5.41) is 9.20. The third-order valence-electron chi connectivity index (χ3n) is 5.83. The van der Waals surface area contributed by atoms with Gasteiger partial charge < -0.3 is 14.9 Å². The van der Waals surface area contributed by atoms with Crippen molar-refractivity contribution in [1.29, 1.82) is 0 Å². The fourth-order valence-corrected chi connectivity index (χ4v) is 4.49. The van der Waals surface area contributed by atoms with Crippen LogP contribution in [0.25, 0.3) is 0 Å². The minimum Gasteiger partial charge on any atom is -0.395 e. The zero-order valence-corrected chi connectivity index (χ0v) is 15.5. The summed E-state index contributed by atoms with van der Waals surface area (Å²) in [6, 6.07) is 9.51. The third kappa shape index (κ3) is 4.71. The van der Waals surface area contributed by atoms with Gasteiger partial charge in [-0.25, -0.2) is 0 Å². The van der Waals surface area contributed by atoms with Crippen molar-refractivity contribution in [3.05, 3.63) is 35.9 Å². The highest BCUT2D eigenvalue weighted by Crippen LogP contribution is 2.38. The van der Waals surface area contributed by atoms with Crippen molar-refractivity contribution >= 4 is 11.7 Å². The number of Topliss-reactive ketones (excluding diaryl/α,β-unsaturated/α-hetero) is 1. The van der Waals surface area contributed by atoms with E-state index in [0.717, 1.165) is 57.4 Å². The van der Waals surface area contributed by atoms with Gasteiger partial charge in [0.15, 0.2) is 5.78 Å². The fourth-order valence-electron chi connectivity index (χ4n) is 4.49. The van der Waals surface area contributed by atoms with Crippen LogP contribution in [0.1, 0.15) is 48.9 Å². The normalized spacial score (nSPS) is 24.2. The molecule has 1 atom stereocenters. The molecule has 1 amide bonds. The van der Waals surface area contributed by atoms with Gasteiger partial charge in [0.25, 0.3) is 0 Å². The van der Waals surface area contributed by atoms with Gasteiger partial charge in [-0.2, -0.15) is 0 Å². The summed E-state index contributed by atoms with van der Waals surface area (Å²) < 4.78 is 0. The molecule has 2 aliphatic rings. The van der Waals surface area contributed by atoms with Crippen LogP contribution in [0.2, 0.25) is 0 Å². The Labute approximate surface area is 156 Å². The molecule has 2 aliphatic heterocycles. The van der Waals surface area contributed by atoms with E-state index in [2.05, 4.69) is 4.90 Å². The topological polar surface area (TPSA) is 60.9 Å². The Morgan fingerprint density at radius 2 is 1.92 bits per heavy atom. The van der Waals surface area contributed by atoms with Crippen LogP contribution in [-0.2, 0) is 4.79 Å². The molecular weight excluding hydrogens is 328 g/mol. The lowest BCUT2D eigenvalue weighted by atomic mass is 9.73. The molecule has 5 nitrogen and oxygen atoms in total. The van der Waals surface area contributed by atoms with Crippen LogP contribution in [0.4, 0.5) is 0 Å². The van der Waals surface area contributed by atoms with E-state index >= 15 is 0 Å². The van der Waals surface area contributed by atoms with Crippen molar-refractivity contribution in [3.8, 4) is 0 Å². The van der Waals surface area contributed by atoms with Gasteiger partial charge in [0.1, 0.15) is 0 Å². The first-order valence-corrected chi connectivity index (χ1v) is 9.81. The highest BCUT2D eigenvalue weighted by molar-refractivity contribution is 5.95. The second-order valence-electron chi connectivity index (χ2n) is 7.81. The standard InChI is InChI=1S/C21H30N2O3/c24-15-14-23-17-21(11-9-20(23)26)10-5-13-22(16-21)12-4-8-19(25)18-6-2-1-3-7-18/h1-3,6-7,24H,4-5,8-17H2/t21-/m1/s1. The Balaban J connectivity index is 1.49. The molecule has 2 fully saturated rings. The Bertz CT molecular complexity index is 619. The Morgan fingerprint density at radius 1 is 1.12 bits per heavy atom. The molecule has 142 valence electrons. The van der Waals surface area contributed by atoms with Crippen LogP contribution in [0, 0.1) is 5.41 Å². The number of benzene rings is 1. The minimum atomic E-state index is 0.0349. The van der Waals surface area contributed by atoms with E-state index in [1.807, 2.05) is 35.2 Å². The van der Waals surface area contributed by atoms with Gasteiger partial charge in [-0.1, -0.05) is 30.3 Å². The summed E-state index contributed by atoms with van der Waals surface area (Å²) in [7, 11) is 0. The van der Waals surface area contributed by atoms with Crippen LogP contribution in [0.15, 0.2) is 30.3 Å². The highest BCUT2D eigenvalue weighted by Gasteiger charge is 2.41. The van der Waals surface area contributed by atoms with E-state index in [1.165, 1.54) is 0 Å². The molecular formula is C21H30N2O3. The number of rotatable bonds is 7. The first-order valence-electron chi connectivity index (χ1n) is 9.81. The summed E-state index contributed by atoms with van der Waals surface area (Å²) in [6.45, 7) is 4.27. The van der Waals surface area contributed by atoms with Crippen molar-refractivity contribution in [2.45, 2.75) is 38.5 Å². The number of β-amino-alcohol motifs (C(OH)–C–C–N with tert-alkyl or cyclic N) is 1. The summed E-state index contributed by atoms with van der Waals surface area (Å²) in [5.41, 5.74) is 0.971. The number of carbonyl (C=O) groups excluding carboxylic acids is 2. The number of hydrogen-bond donors (Lipinski definition) is 1. The molecule has 0 radical (unpaired) electrons. The molecule has 0 unspecified atom stereocenters. The Kier molecular flexibility index (Phi) is 6.43. The number of likely N-dealkylation sites (tertiary alicyclic amines) is 2. The lowest BCUT2D eigenvalue weighted by molar-refractivity contribution is -0.140. The second kappa shape index (κ2) is 8.78. The lowest BCUT2D eigenvalue weighted by Crippen LogP contribution is -2.54. The van der Waals surface area contributed by atoms with E-state index in [0.29, 0.717) is 19.4 Å². The number of piperidine rings is 2. The van der Waals surface area contributed by atoms with Gasteiger partial charge >= 0.3 is 0 Å². The van der Waals surface area contributed by atoms with Crippen LogP contribution in [0.5, 0.6) is 0 Å². The smallest absolute Gasteiger partial charge is 0.222 e. The van der Waals surface area contributed by atoms with Gasteiger partial charge in [-0.05, 0) is 38.8 Å². The van der Waals surface area contributed by atoms with Crippen molar-refractivity contribution in [1.82, 2.24) is 9.80 Å². The van der Waals surface area contributed by atoms with E-state index in [9.17, 15) is 14.7 Å². The average Bonchev–Trinajstić information content (AvgIpc) is 2.66. The molecule has 1 aromatic rings. The maximum absolute atomic E-state index is 12.2. The number of amides is 1. The number of ketones is 1. The number of hydrogen-bond acceptors (Lipinski definition) is 4. The maximum atomic E-state index is 12.2. The van der Waals surface area contributed by atoms with E-state index < -0.39 is 0 Å². The van der Waals surface area contributed by atoms with Crippen LogP contribution < -0.4 is 0 Å². The van der Waals surface area contributed by atoms with Gasteiger partial charge in [-0.15, -0.1) is 0 Å². The van der Waals surface area contributed by atoms with E-state index in [1.54, 1.807) is 0 Å². The summed E-state index contributed by atoms with van der Waals surface area (Å²) in [5.74, 6) is 0.393. The third-order valence-corrected chi connectivity index (χ3v) is 5.83. The molecule has 0 bridgehead atoms. The first-order chi connectivity index (χ1) is 12.6. The van der Waals surface area contributed by atoms with Crippen LogP contribution in [-0.4, -0.2) is 65.9 Å². The molecule has 2 saturated heterocycles. The number of aliphatic hydroxyl groups is 1. The molecule has 1 N–H and O–H groups in total. The maximum Gasteiger partial charge on any atom is 0.222 e. The van der Waals surface area contributed by atoms with Gasteiger partial charge in [0.05, 0.1) is 6.61 Å². The molecule has 0 aliphatic carbocycles. The van der Waals surface area contributed by atoms with Crippen molar-refractivity contribution < 1.29 is 14.7 Å². The van der Waals surface area contributed by atoms with Crippen molar-refractivity contribution in [2.24, 2.45) is 5.41 Å². The van der Waals surface area contributed by atoms with Crippen molar-refractivity contribution in [3.63, 3.8) is 0 Å². The quantitative estimate of drug-likeness (QED) is 0.760. The molecule has 26 heavy (non-hydrogen) atoms. The largest absolute Gasteiger partial charge is 0.395 e. The van der Waals surface area contributed by atoms with Gasteiger partial charge in [-0.3, -0.25) is 9.59 Å². The van der Waals surface area contributed by atoms with Gasteiger partial charge in [0, 0.05) is 43.5 Å². The SMILES string of the molecule is O=C(CCCN1CCC[C@@]2(CCC(=O)N(CCO)C2)C1)c1ccccc1. The number of nitrogens with zero attached hydrogens (tertiary/aromatic N) is 2. The molecule has 5 heteroatoms. The average molecular weight is 358 g/mol. The fraction of sp³-hybridized carbons (Fsp3) is 0.619. The second-order valence-corrected chi connectivity index (χ2v) is 7.81. The molecule has 1 spiro atoms. The van der Waals surface area contributed by atoms with Crippen LogP contribution in [0.3, 0.4) is 0 Å². The molecule has 1 aromatic carbocycles. The van der Waals surface area contributed by atoms with Crippen molar-refractivity contribution in [2.75, 3.05) is 39.3 Å². The minimum absolute atomic E-state index is 0.0349. The lowest BCUT2D eigenvalue weighted by Gasteiger charge is -2.48. The highest BCUT2D eigenvalue weighted by atomic mass is 16.3. The molecule has 0 saturated carbocycles. The monoisotopic (exact) mass is 358 g/mol. The van der Waals surface area contributed by atoms with E-state index in [-0.39, 0.29) is 23.7 Å². The Morgan fingerprint density at radius 3 is 2.69 bits per heavy atom. The zero-order chi connectivity index (χ0) is 18.4. The zero-order valence-electron chi connectivity index (χ0n) is 15.5. The van der Waals surface area contributed by atoms with Gasteiger partial charge in [0.2, 0.25) is 5.91 Å². The molecule has 0 aromatic heterocycles. The number of carbonyl (C=O) groups is 2. The molecule has 3 rings (SSSR count). The summed E-state index contributed by atoms with van der Waals surface area (Å²) in [6.07, 6.45) is 5.31. The number of aliphatic hydroxyl groups excluding tert-OH is 1. The predicted octanol–water partition coefficient (Wildman–Crippen LogP) is 2.35. The Hall–Kier alpha value is -1.72. The van der Waals surface area contributed by atoms with Crippen LogP contribution >= 0.6 is 0 Å². The summed E-state index contributed by atoms with van der Waals surface area (Å²) in [4.78, 5) is 28.6. The summed E-state index contributed by atoms with van der Waals surface area (Å²) >= 11 is 0.